The van der Waals surface area contributed by atoms with Crippen molar-refractivity contribution in [3.05, 3.63) is 92.6 Å². The van der Waals surface area contributed by atoms with Crippen LogP contribution in [0.15, 0.2) is 92.6 Å². The summed E-state index contributed by atoms with van der Waals surface area (Å²) in [6, 6.07) is 0. The van der Waals surface area contributed by atoms with E-state index in [9.17, 15) is 34.5 Å². The minimum atomic E-state index is -0.655. The van der Waals surface area contributed by atoms with Gasteiger partial charge in [0.05, 0.1) is 5.41 Å². The highest BCUT2D eigenvalue weighted by atomic mass is 16.4. The molecular weight excluding hydrogens is 957 g/mol. The van der Waals surface area contributed by atoms with Crippen molar-refractivity contribution in [3.8, 4) is 0 Å². The lowest BCUT2D eigenvalue weighted by Gasteiger charge is -2.70. The molecule has 8 fully saturated rings. The molecule has 0 radical (unpaired) electrons. The van der Waals surface area contributed by atoms with Gasteiger partial charge in [0.25, 0.3) is 0 Å². The number of piperidine rings is 2. The van der Waals surface area contributed by atoms with Crippen LogP contribution in [0.5, 0.6) is 0 Å². The van der Waals surface area contributed by atoms with E-state index in [1.54, 1.807) is 12.2 Å². The lowest BCUT2D eigenvalue weighted by atomic mass is 9.34. The second-order valence-electron chi connectivity index (χ2n) is 29.7. The molecule has 6 saturated carbocycles. The molecule has 0 aromatic heterocycles. The second-order valence-corrected chi connectivity index (χ2v) is 29.7. The Labute approximate surface area is 462 Å². The summed E-state index contributed by atoms with van der Waals surface area (Å²) in [6.45, 7) is 31.7. The largest absolute Gasteiger partial charge is 0.504 e. The van der Waals surface area contributed by atoms with Crippen LogP contribution in [0.25, 0.3) is 0 Å². The van der Waals surface area contributed by atoms with E-state index < -0.39 is 11.4 Å². The van der Waals surface area contributed by atoms with Gasteiger partial charge in [0.1, 0.15) is 0 Å². The van der Waals surface area contributed by atoms with Crippen molar-refractivity contribution in [2.45, 2.75) is 212 Å². The highest BCUT2D eigenvalue weighted by molar-refractivity contribution is 6.07. The third kappa shape index (κ3) is 8.25. The number of aliphatic hydroxyl groups is 2. The van der Waals surface area contributed by atoms with Gasteiger partial charge >= 0.3 is 5.97 Å². The van der Waals surface area contributed by atoms with Gasteiger partial charge in [-0.1, -0.05) is 104 Å². The van der Waals surface area contributed by atoms with Gasteiger partial charge in [-0.25, -0.2) is 0 Å². The van der Waals surface area contributed by atoms with Crippen molar-refractivity contribution in [1.82, 2.24) is 10.2 Å². The molecule has 0 bridgehead atoms. The molecular formula is C68H96N2O7. The molecule has 0 aromatic carbocycles. The van der Waals surface area contributed by atoms with E-state index in [0.717, 1.165) is 132 Å². The number of carboxylic acids is 1. The van der Waals surface area contributed by atoms with Gasteiger partial charge in [0, 0.05) is 40.5 Å². The second kappa shape index (κ2) is 18.9. The first-order valence-electron chi connectivity index (χ1n) is 30.4. The van der Waals surface area contributed by atoms with Gasteiger partial charge in [0.2, 0.25) is 17.5 Å². The van der Waals surface area contributed by atoms with E-state index in [1.807, 2.05) is 20.8 Å². The number of aliphatic hydroxyl groups excluding tert-OH is 2. The van der Waals surface area contributed by atoms with Crippen molar-refractivity contribution in [2.24, 2.45) is 66.0 Å². The Hall–Kier alpha value is -4.24. The number of hydrogen-bond acceptors (Lipinski definition) is 7. The van der Waals surface area contributed by atoms with E-state index in [2.05, 4.69) is 96.8 Å². The standard InChI is InChI=1S/C34H47NO3.C29H38O4.C5H11N/c1-22-23-10-11-26-32(4,24(23)20-25(36)28(22)37)15-17-34(6)27-21-31(3,29(38)35-18-8-7-9-19-35)13-12-30(27,2)14-16-33(26,34)5;1-17-18-7-8-21-27(4,19(18)15-20(30)23(17)31)12-14-29(6)22-16-26(3,24(32)33)10-9-25(22,2)11-13-28(21,29)5;1-2-4-6-5-3-1/h10-11,20,27,37H,7-9,12-19,21H2,1-6H3;7-8,15,22,31H,9-14,16H2,1-6H3,(H,32,33);6H,1-5H2/t27-,30-,31-,32+,33-,34+;22-,25-,26-,27+,28-,29+;/m11./s1. The smallest absolute Gasteiger partial charge is 0.309 e. The highest BCUT2D eigenvalue weighted by Crippen LogP contribution is 2.77. The van der Waals surface area contributed by atoms with Gasteiger partial charge < -0.3 is 25.5 Å². The number of aliphatic carboxylic acids is 1. The molecule has 77 heavy (non-hydrogen) atoms. The SMILES string of the molecule is C1CCNCC1.CC1=C(O)C(=O)C=C2C1=CC=C1[C@@]2(C)CC[C@@]2(C)[C@@H]3C[C@](C)(C(=O)N4CCCCC4)CC[C@]3(C)CC[C@]12C.CC1=C(O)C(=O)C=C2C1=CC=C1[C@@]2(C)CC[C@@]2(C)[C@@H]3C[C@](C)(C(=O)O)CC[C@]3(C)CC[C@]12C. The Morgan fingerprint density at radius 3 is 1.32 bits per heavy atom. The highest BCUT2D eigenvalue weighted by Gasteiger charge is 2.69. The van der Waals surface area contributed by atoms with Crippen LogP contribution in [0.3, 0.4) is 0 Å². The summed E-state index contributed by atoms with van der Waals surface area (Å²) >= 11 is 0. The van der Waals surface area contributed by atoms with Crippen LogP contribution < -0.4 is 5.32 Å². The number of ketones is 2. The monoisotopic (exact) mass is 1050 g/mol. The van der Waals surface area contributed by atoms with Crippen LogP contribution in [-0.4, -0.2) is 69.8 Å². The topological polar surface area (TPSA) is 144 Å². The number of allylic oxidation sites excluding steroid dienone is 14. The number of carboxylic acid groups (broad SMARTS) is 1. The molecule has 0 aromatic rings. The number of rotatable bonds is 2. The minimum Gasteiger partial charge on any atom is -0.504 e. The molecule has 12 rings (SSSR count). The summed E-state index contributed by atoms with van der Waals surface area (Å²) in [4.78, 5) is 53.7. The molecule has 2 heterocycles. The van der Waals surface area contributed by atoms with Crippen molar-refractivity contribution >= 4 is 23.4 Å². The molecule has 1 amide bonds. The summed E-state index contributed by atoms with van der Waals surface area (Å²) in [7, 11) is 0. The molecule has 10 aliphatic carbocycles. The zero-order chi connectivity index (χ0) is 55.7. The molecule has 2 saturated heterocycles. The van der Waals surface area contributed by atoms with E-state index in [4.69, 9.17) is 0 Å². The van der Waals surface area contributed by atoms with Crippen molar-refractivity contribution in [1.29, 1.82) is 0 Å². The van der Waals surface area contributed by atoms with E-state index >= 15 is 0 Å². The summed E-state index contributed by atoms with van der Waals surface area (Å²) in [5.74, 6) is -0.201. The first-order valence-corrected chi connectivity index (χ1v) is 30.4. The first kappa shape index (κ1) is 56.1. The summed E-state index contributed by atoms with van der Waals surface area (Å²) < 4.78 is 0. The van der Waals surface area contributed by atoms with Crippen molar-refractivity contribution in [3.63, 3.8) is 0 Å². The predicted molar refractivity (Wildman–Crippen MR) is 307 cm³/mol. The summed E-state index contributed by atoms with van der Waals surface area (Å²) in [6.07, 6.45) is 34.3. The molecule has 9 heteroatoms. The summed E-state index contributed by atoms with van der Waals surface area (Å²) in [5, 5.41) is 34.0. The molecule has 420 valence electrons. The van der Waals surface area contributed by atoms with E-state index in [0.29, 0.717) is 28.9 Å². The number of carbonyl (C=O) groups is 4. The van der Waals surface area contributed by atoms with Crippen LogP contribution in [0, 0.1) is 66.0 Å². The Bertz CT molecular complexity index is 2800. The number of fused-ring (bicyclic) bond motifs is 14. The maximum absolute atomic E-state index is 14.0. The summed E-state index contributed by atoms with van der Waals surface area (Å²) in [5.41, 5.74) is 7.51. The Morgan fingerprint density at radius 2 is 0.922 bits per heavy atom. The molecule has 12 atom stereocenters. The minimum absolute atomic E-state index is 0.0000746. The zero-order valence-electron chi connectivity index (χ0n) is 49.5. The fourth-order valence-electron chi connectivity index (χ4n) is 19.6. The molecule has 4 N–H and O–H groups in total. The Kier molecular flexibility index (Phi) is 13.8. The molecule has 12 aliphatic rings. The number of likely N-dealkylation sites (tertiary alicyclic amines) is 1. The fraction of sp³-hybridized carbons (Fsp3) is 0.706. The number of nitrogens with one attached hydrogen (secondary N) is 1. The third-order valence-corrected chi connectivity index (χ3v) is 25.6. The Balaban J connectivity index is 0.000000159. The number of nitrogens with zero attached hydrogens (tertiary/aromatic N) is 1. The lowest BCUT2D eigenvalue weighted by molar-refractivity contribution is -0.178. The molecule has 0 unspecified atom stereocenters. The van der Waals surface area contributed by atoms with Crippen LogP contribution in [0.4, 0.5) is 0 Å². The maximum Gasteiger partial charge on any atom is 0.309 e. The predicted octanol–water partition coefficient (Wildman–Crippen LogP) is 15.1. The Morgan fingerprint density at radius 1 is 0.519 bits per heavy atom. The van der Waals surface area contributed by atoms with Gasteiger partial charge in [0.15, 0.2) is 11.5 Å². The average molecular weight is 1050 g/mol. The normalized spacial score (nSPS) is 44.0. The van der Waals surface area contributed by atoms with Crippen molar-refractivity contribution < 1.29 is 34.5 Å². The van der Waals surface area contributed by atoms with Gasteiger partial charge in [-0.15, -0.1) is 0 Å². The van der Waals surface area contributed by atoms with Crippen LogP contribution >= 0.6 is 0 Å². The van der Waals surface area contributed by atoms with Crippen LogP contribution in [0.1, 0.15) is 212 Å². The van der Waals surface area contributed by atoms with Crippen molar-refractivity contribution in [2.75, 3.05) is 26.2 Å². The molecule has 2 aliphatic heterocycles. The number of amides is 1. The van der Waals surface area contributed by atoms with Gasteiger partial charge in [-0.05, 0) is 235 Å². The molecule has 0 spiro atoms. The van der Waals surface area contributed by atoms with Gasteiger partial charge in [-0.2, -0.15) is 0 Å². The van der Waals surface area contributed by atoms with Crippen LogP contribution in [0.2, 0.25) is 0 Å². The number of carbonyl (C=O) groups excluding carboxylic acids is 3. The first-order chi connectivity index (χ1) is 36.0. The fourth-order valence-corrected chi connectivity index (χ4v) is 19.6. The zero-order valence-corrected chi connectivity index (χ0v) is 49.5. The maximum atomic E-state index is 14.0. The average Bonchev–Trinajstić information content (AvgIpc) is 3.51. The lowest BCUT2D eigenvalue weighted by Crippen LogP contribution is -2.62. The number of hydrogen-bond donors (Lipinski definition) is 4. The third-order valence-electron chi connectivity index (χ3n) is 25.6. The van der Waals surface area contributed by atoms with E-state index in [1.165, 1.54) is 56.3 Å². The van der Waals surface area contributed by atoms with E-state index in [-0.39, 0.29) is 71.8 Å². The van der Waals surface area contributed by atoms with Gasteiger partial charge in [-0.3, -0.25) is 19.2 Å². The van der Waals surface area contributed by atoms with Crippen LogP contribution in [-0.2, 0) is 19.2 Å². The quantitative estimate of drug-likeness (QED) is 0.214. The molecule has 9 nitrogen and oxygen atoms in total.